The Kier molecular flexibility index (Phi) is 6.74. The number of carbonyl (C=O) groups excluding carboxylic acids is 1. The van der Waals surface area contributed by atoms with Crippen molar-refractivity contribution in [1.82, 2.24) is 10.3 Å². The first kappa shape index (κ1) is 29.4. The smallest absolute Gasteiger partial charge is 0.138 e. The van der Waals surface area contributed by atoms with Crippen LogP contribution >= 0.6 is 0 Å². The molecule has 0 aromatic carbocycles. The molecule has 0 spiro atoms. The molecule has 4 heteroatoms. The van der Waals surface area contributed by atoms with Gasteiger partial charge in [0.2, 0.25) is 0 Å². The van der Waals surface area contributed by atoms with Crippen molar-refractivity contribution in [2.45, 2.75) is 125 Å². The van der Waals surface area contributed by atoms with E-state index >= 15 is 0 Å². The zero-order valence-corrected chi connectivity index (χ0v) is 27.1. The number of nitrogens with zero attached hydrogens (tertiary/aromatic N) is 1. The maximum atomic E-state index is 13.9. The van der Waals surface area contributed by atoms with Gasteiger partial charge in [-0.2, -0.15) is 0 Å². The van der Waals surface area contributed by atoms with Gasteiger partial charge < -0.3 is 10.4 Å². The van der Waals surface area contributed by atoms with E-state index in [4.69, 9.17) is 0 Å². The summed E-state index contributed by atoms with van der Waals surface area (Å²) in [6, 6.07) is 2.16. The van der Waals surface area contributed by atoms with Crippen LogP contribution in [0, 0.1) is 64.1 Å². The van der Waals surface area contributed by atoms with Crippen molar-refractivity contribution in [3.8, 4) is 0 Å². The van der Waals surface area contributed by atoms with Crippen LogP contribution in [0.5, 0.6) is 0 Å². The van der Waals surface area contributed by atoms with E-state index in [1.165, 1.54) is 32.1 Å². The summed E-state index contributed by atoms with van der Waals surface area (Å²) < 4.78 is 0. The first-order chi connectivity index (χ1) is 19.1. The summed E-state index contributed by atoms with van der Waals surface area (Å²) >= 11 is 0. The van der Waals surface area contributed by atoms with Gasteiger partial charge in [-0.1, -0.05) is 55.0 Å². The van der Waals surface area contributed by atoms with E-state index in [0.29, 0.717) is 41.8 Å². The molecule has 5 aliphatic carbocycles. The van der Waals surface area contributed by atoms with Crippen molar-refractivity contribution in [3.63, 3.8) is 0 Å². The van der Waals surface area contributed by atoms with Crippen LogP contribution in [0.25, 0.3) is 5.70 Å². The van der Waals surface area contributed by atoms with Crippen molar-refractivity contribution in [2.75, 3.05) is 0 Å². The Morgan fingerprint density at radius 2 is 1.71 bits per heavy atom. The van der Waals surface area contributed by atoms with Gasteiger partial charge in [0.05, 0.1) is 6.10 Å². The van der Waals surface area contributed by atoms with Crippen LogP contribution in [0.15, 0.2) is 25.0 Å². The minimum atomic E-state index is -0.224. The molecule has 0 saturated heterocycles. The average Bonchev–Trinajstić information content (AvgIpc) is 3.19. The van der Waals surface area contributed by atoms with Crippen LogP contribution in [0.4, 0.5) is 0 Å². The van der Waals surface area contributed by atoms with Crippen molar-refractivity contribution in [3.05, 3.63) is 36.2 Å². The number of ketones is 1. The number of aromatic nitrogens is 1. The predicted molar refractivity (Wildman–Crippen MR) is 167 cm³/mol. The molecule has 41 heavy (non-hydrogen) atoms. The average molecular weight is 561 g/mol. The fraction of sp³-hybridized carbons (Fsp3) is 0.784. The number of hydrogen-bond donors (Lipinski definition) is 2. The first-order valence-electron chi connectivity index (χ1n) is 16.7. The summed E-state index contributed by atoms with van der Waals surface area (Å²) in [5.41, 5.74) is 3.55. The molecule has 6 rings (SSSR count). The van der Waals surface area contributed by atoms with E-state index in [0.717, 1.165) is 36.1 Å². The lowest BCUT2D eigenvalue weighted by molar-refractivity contribution is -0.244. The zero-order chi connectivity index (χ0) is 29.8. The predicted octanol–water partition coefficient (Wildman–Crippen LogP) is 7.98. The van der Waals surface area contributed by atoms with Crippen LogP contribution in [-0.2, 0) is 4.79 Å². The minimum Gasteiger partial charge on any atom is -0.393 e. The fourth-order valence-corrected chi connectivity index (χ4v) is 12.5. The van der Waals surface area contributed by atoms with Gasteiger partial charge in [0.1, 0.15) is 5.78 Å². The molecule has 226 valence electrons. The Morgan fingerprint density at radius 3 is 2.39 bits per heavy atom. The van der Waals surface area contributed by atoms with E-state index in [9.17, 15) is 9.90 Å². The summed E-state index contributed by atoms with van der Waals surface area (Å²) in [4.78, 5) is 18.4. The first-order valence-corrected chi connectivity index (χ1v) is 16.7. The second-order valence-electron chi connectivity index (χ2n) is 17.0. The molecular formula is C37H56N2O2. The third kappa shape index (κ3) is 3.94. The van der Waals surface area contributed by atoms with Crippen LogP contribution in [-0.4, -0.2) is 27.5 Å². The third-order valence-corrected chi connectivity index (χ3v) is 14.7. The molecule has 10 atom stereocenters. The van der Waals surface area contributed by atoms with Crippen LogP contribution in [0.3, 0.4) is 0 Å². The lowest BCUT2D eigenvalue weighted by Crippen LogP contribution is -2.68. The molecule has 1 aromatic heterocycles. The van der Waals surface area contributed by atoms with Crippen molar-refractivity contribution < 1.29 is 9.90 Å². The largest absolute Gasteiger partial charge is 0.393 e. The van der Waals surface area contributed by atoms with E-state index in [1.54, 1.807) is 0 Å². The van der Waals surface area contributed by atoms with Gasteiger partial charge in [0.15, 0.2) is 0 Å². The van der Waals surface area contributed by atoms with Gasteiger partial charge in [-0.15, -0.1) is 0 Å². The molecule has 0 amide bonds. The van der Waals surface area contributed by atoms with Crippen LogP contribution < -0.4 is 5.32 Å². The number of Topliss-reactive ketones (excluding diaryl/α,β-unsaturated/α-hetero) is 1. The monoisotopic (exact) mass is 560 g/mol. The maximum Gasteiger partial charge on any atom is 0.138 e. The van der Waals surface area contributed by atoms with Gasteiger partial charge in [-0.3, -0.25) is 9.78 Å². The minimum absolute atomic E-state index is 0.0245. The number of carbonyl (C=O) groups is 1. The highest BCUT2D eigenvalue weighted by Gasteiger charge is 2.72. The van der Waals surface area contributed by atoms with Gasteiger partial charge in [0, 0.05) is 41.5 Å². The number of hydrogen-bond acceptors (Lipinski definition) is 4. The van der Waals surface area contributed by atoms with Gasteiger partial charge in [0.25, 0.3) is 0 Å². The third-order valence-electron chi connectivity index (χ3n) is 14.7. The number of fused-ring (bicyclic) bond motifs is 7. The Balaban J connectivity index is 1.38. The number of pyridine rings is 1. The molecule has 0 aliphatic heterocycles. The maximum absolute atomic E-state index is 13.9. The Morgan fingerprint density at radius 1 is 0.976 bits per heavy atom. The highest BCUT2D eigenvalue weighted by molar-refractivity contribution is 5.86. The van der Waals surface area contributed by atoms with Gasteiger partial charge >= 0.3 is 0 Å². The number of aryl methyl sites for hydroxylation is 1. The van der Waals surface area contributed by atoms with Crippen molar-refractivity contribution in [1.29, 1.82) is 0 Å². The summed E-state index contributed by atoms with van der Waals surface area (Å²) in [7, 11) is 0. The summed E-state index contributed by atoms with van der Waals surface area (Å²) in [5.74, 6) is 3.00. The highest BCUT2D eigenvalue weighted by Crippen LogP contribution is 2.76. The summed E-state index contributed by atoms with van der Waals surface area (Å²) in [5, 5.41) is 15.0. The second-order valence-corrected chi connectivity index (χ2v) is 17.0. The molecule has 5 aliphatic rings. The quantitative estimate of drug-likeness (QED) is 0.392. The van der Waals surface area contributed by atoms with E-state index in [-0.39, 0.29) is 39.2 Å². The lowest BCUT2D eigenvalue weighted by atomic mass is 9.32. The number of rotatable bonds is 4. The molecule has 2 N–H and O–H groups in total. The molecule has 6 unspecified atom stereocenters. The topological polar surface area (TPSA) is 62.2 Å². The molecular weight excluding hydrogens is 504 g/mol. The standard InChI is InChI=1S/C37H56N2O2/c1-22(2)31-27(40)19-37(39-24(4)25-18-23(3)20-38-21-25)17-16-35(8)26(32(31)37)10-11-29-34(7)14-13-30(41)33(5,6)28(34)12-15-36(29,35)9/h18,20-22,26,28-32,39,41H,4,10-17,19H2,1-3,5-9H3/t26?,28-,29+,30-,31?,32?,34?,35+,36?,37?/m0/s1. The van der Waals surface area contributed by atoms with Crippen LogP contribution in [0.2, 0.25) is 0 Å². The van der Waals surface area contributed by atoms with E-state index in [2.05, 4.69) is 78.3 Å². The molecule has 0 radical (unpaired) electrons. The molecule has 4 nitrogen and oxygen atoms in total. The number of aliphatic hydroxyl groups excluding tert-OH is 1. The molecule has 1 aromatic rings. The van der Waals surface area contributed by atoms with Gasteiger partial charge in [-0.05, 0) is 121 Å². The van der Waals surface area contributed by atoms with Crippen LogP contribution in [0.1, 0.15) is 117 Å². The highest BCUT2D eigenvalue weighted by atomic mass is 16.3. The lowest BCUT2D eigenvalue weighted by Gasteiger charge is -2.73. The molecule has 1 heterocycles. The van der Waals surface area contributed by atoms with E-state index < -0.39 is 0 Å². The molecule has 5 fully saturated rings. The van der Waals surface area contributed by atoms with Crippen molar-refractivity contribution >= 4 is 11.5 Å². The number of nitrogens with one attached hydrogen (secondary N) is 1. The Bertz CT molecular complexity index is 1240. The fourth-order valence-electron chi connectivity index (χ4n) is 12.5. The van der Waals surface area contributed by atoms with Gasteiger partial charge in [-0.25, -0.2) is 0 Å². The number of aliphatic hydroxyl groups is 1. The second kappa shape index (κ2) is 9.41. The summed E-state index contributed by atoms with van der Waals surface area (Å²) in [6.07, 6.45) is 13.4. The van der Waals surface area contributed by atoms with E-state index in [1.807, 2.05) is 12.4 Å². The van der Waals surface area contributed by atoms with Crippen molar-refractivity contribution in [2.24, 2.45) is 57.2 Å². The SMILES string of the molecule is C=C(NC12CC[C@]3(C)C(CC[C@@H]4C5(C)CC[C@H](O)C(C)(C)[C@@H]5CCC43C)C1C(C(C)C)C(=O)C2)c1cncc(C)c1. The normalized spacial score (nSPS) is 46.7. The molecule has 5 saturated carbocycles. The molecule has 0 bridgehead atoms. The Labute approximate surface area is 249 Å². The zero-order valence-electron chi connectivity index (χ0n) is 27.1. The summed E-state index contributed by atoms with van der Waals surface area (Å²) in [6.45, 7) is 23.7. The Hall–Kier alpha value is -1.68.